The molecule has 2 N–H and O–H groups in total. The van der Waals surface area contributed by atoms with Gasteiger partial charge in [0.05, 0.1) is 0 Å². The Balaban J connectivity index is 1.86. The first-order chi connectivity index (χ1) is 8.62. The van der Waals surface area contributed by atoms with Crippen LogP contribution in [0.3, 0.4) is 0 Å². The van der Waals surface area contributed by atoms with Crippen LogP contribution in [0.1, 0.15) is 24.6 Å². The Kier molecular flexibility index (Phi) is 4.77. The fourth-order valence-corrected chi connectivity index (χ4v) is 4.51. The molecule has 6 heteroatoms. The van der Waals surface area contributed by atoms with Crippen molar-refractivity contribution in [3.8, 4) is 0 Å². The average Bonchev–Trinajstić information content (AvgIpc) is 2.99. The van der Waals surface area contributed by atoms with Crippen LogP contribution in [0.2, 0.25) is 0 Å². The third kappa shape index (κ3) is 3.54. The van der Waals surface area contributed by atoms with Crippen LogP contribution < -0.4 is 10.0 Å². The molecule has 1 aromatic rings. The highest BCUT2D eigenvalue weighted by molar-refractivity contribution is 7.91. The van der Waals surface area contributed by atoms with Gasteiger partial charge >= 0.3 is 0 Å². The zero-order valence-corrected chi connectivity index (χ0v) is 12.2. The van der Waals surface area contributed by atoms with E-state index in [9.17, 15) is 8.42 Å². The summed E-state index contributed by atoms with van der Waals surface area (Å²) in [5.41, 5.74) is 0. The van der Waals surface area contributed by atoms with Crippen LogP contribution in [0.4, 0.5) is 0 Å². The summed E-state index contributed by atoms with van der Waals surface area (Å²) in [5, 5.41) is 3.29. The van der Waals surface area contributed by atoms with Crippen molar-refractivity contribution < 1.29 is 8.42 Å². The molecule has 1 unspecified atom stereocenters. The Morgan fingerprint density at radius 3 is 2.94 bits per heavy atom. The second kappa shape index (κ2) is 6.14. The molecule has 0 aromatic carbocycles. The molecule has 1 aromatic heterocycles. The van der Waals surface area contributed by atoms with Crippen molar-refractivity contribution in [1.82, 2.24) is 10.0 Å². The van der Waals surface area contributed by atoms with Gasteiger partial charge in [-0.15, -0.1) is 11.3 Å². The second-order valence-electron chi connectivity index (χ2n) is 4.62. The highest BCUT2D eigenvalue weighted by atomic mass is 32.2. The van der Waals surface area contributed by atoms with Crippen molar-refractivity contribution in [3.63, 3.8) is 0 Å². The number of thiophene rings is 1. The predicted molar refractivity (Wildman–Crippen MR) is 74.5 cm³/mol. The minimum Gasteiger partial charge on any atom is -0.316 e. The van der Waals surface area contributed by atoms with Gasteiger partial charge in [-0.05, 0) is 50.4 Å². The van der Waals surface area contributed by atoms with Crippen molar-refractivity contribution >= 4 is 21.4 Å². The highest BCUT2D eigenvalue weighted by Gasteiger charge is 2.18. The molecule has 102 valence electrons. The van der Waals surface area contributed by atoms with E-state index in [0.717, 1.165) is 37.2 Å². The second-order valence-corrected chi connectivity index (χ2v) is 7.78. The van der Waals surface area contributed by atoms with E-state index in [-0.39, 0.29) is 0 Å². The molecule has 2 heterocycles. The predicted octanol–water partition coefficient (Wildman–Crippen LogP) is 1.59. The van der Waals surface area contributed by atoms with Crippen molar-refractivity contribution in [2.24, 2.45) is 5.92 Å². The molecule has 2 rings (SSSR count). The summed E-state index contributed by atoms with van der Waals surface area (Å²) < 4.78 is 27.2. The lowest BCUT2D eigenvalue weighted by Crippen LogP contribution is -2.26. The van der Waals surface area contributed by atoms with E-state index in [1.165, 1.54) is 11.3 Å². The van der Waals surface area contributed by atoms with Gasteiger partial charge in [-0.2, -0.15) is 0 Å². The normalized spacial score (nSPS) is 20.4. The summed E-state index contributed by atoms with van der Waals surface area (Å²) in [5.74, 6) is 0.613. The molecule has 0 radical (unpaired) electrons. The summed E-state index contributed by atoms with van der Waals surface area (Å²) >= 11 is 1.36. The highest BCUT2D eigenvalue weighted by Crippen LogP contribution is 2.21. The van der Waals surface area contributed by atoms with Gasteiger partial charge in [0.15, 0.2) is 0 Å². The van der Waals surface area contributed by atoms with E-state index in [1.807, 2.05) is 13.0 Å². The number of rotatable bonds is 6. The van der Waals surface area contributed by atoms with Crippen molar-refractivity contribution in [1.29, 1.82) is 0 Å². The van der Waals surface area contributed by atoms with Crippen molar-refractivity contribution in [2.75, 3.05) is 19.6 Å². The number of hydrogen-bond donors (Lipinski definition) is 2. The van der Waals surface area contributed by atoms with Gasteiger partial charge in [-0.1, -0.05) is 6.92 Å². The SMILES string of the molecule is CCc1ccc(S(=O)(=O)NCCC2CCNC2)s1. The van der Waals surface area contributed by atoms with Crippen LogP contribution in [0.25, 0.3) is 0 Å². The van der Waals surface area contributed by atoms with Gasteiger partial charge in [0.1, 0.15) is 4.21 Å². The van der Waals surface area contributed by atoms with E-state index in [2.05, 4.69) is 10.0 Å². The Morgan fingerprint density at radius 1 is 1.50 bits per heavy atom. The van der Waals surface area contributed by atoms with Gasteiger partial charge in [0.25, 0.3) is 0 Å². The van der Waals surface area contributed by atoms with E-state index in [1.54, 1.807) is 6.07 Å². The molecule has 1 atom stereocenters. The Hall–Kier alpha value is -0.430. The van der Waals surface area contributed by atoms with E-state index < -0.39 is 10.0 Å². The first-order valence-electron chi connectivity index (χ1n) is 6.41. The van der Waals surface area contributed by atoms with Gasteiger partial charge in [0.2, 0.25) is 10.0 Å². The van der Waals surface area contributed by atoms with E-state index >= 15 is 0 Å². The number of aryl methyl sites for hydroxylation is 1. The van der Waals surface area contributed by atoms with Gasteiger partial charge < -0.3 is 5.32 Å². The fraction of sp³-hybridized carbons (Fsp3) is 0.667. The minimum absolute atomic E-state index is 0.434. The Labute approximate surface area is 113 Å². The fourth-order valence-electron chi connectivity index (χ4n) is 2.12. The first-order valence-corrected chi connectivity index (χ1v) is 8.71. The monoisotopic (exact) mass is 288 g/mol. The molecule has 0 aliphatic carbocycles. The standard InChI is InChI=1S/C12H20N2O2S2/c1-2-11-3-4-12(17-11)18(15,16)14-8-6-10-5-7-13-9-10/h3-4,10,13-14H,2,5-9H2,1H3. The summed E-state index contributed by atoms with van der Waals surface area (Å²) in [6.45, 7) is 4.64. The van der Waals surface area contributed by atoms with Crippen LogP contribution in [-0.4, -0.2) is 28.1 Å². The van der Waals surface area contributed by atoms with Gasteiger partial charge in [-0.3, -0.25) is 0 Å². The number of hydrogen-bond acceptors (Lipinski definition) is 4. The minimum atomic E-state index is -3.29. The molecule has 0 spiro atoms. The maximum Gasteiger partial charge on any atom is 0.250 e. The van der Waals surface area contributed by atoms with E-state index in [0.29, 0.717) is 16.7 Å². The number of sulfonamides is 1. The Bertz CT molecular complexity index is 476. The molecule has 18 heavy (non-hydrogen) atoms. The van der Waals surface area contributed by atoms with Crippen LogP contribution >= 0.6 is 11.3 Å². The molecular weight excluding hydrogens is 268 g/mol. The molecule has 1 fully saturated rings. The maximum atomic E-state index is 12.0. The summed E-state index contributed by atoms with van der Waals surface area (Å²) in [7, 11) is -3.29. The van der Waals surface area contributed by atoms with Crippen LogP contribution in [-0.2, 0) is 16.4 Å². The summed E-state index contributed by atoms with van der Waals surface area (Å²) in [6, 6.07) is 3.59. The van der Waals surface area contributed by atoms with Crippen LogP contribution in [0.5, 0.6) is 0 Å². The van der Waals surface area contributed by atoms with E-state index in [4.69, 9.17) is 0 Å². The van der Waals surface area contributed by atoms with Crippen molar-refractivity contribution in [3.05, 3.63) is 17.0 Å². The zero-order chi connectivity index (χ0) is 13.0. The number of nitrogens with one attached hydrogen (secondary N) is 2. The largest absolute Gasteiger partial charge is 0.316 e. The lowest BCUT2D eigenvalue weighted by atomic mass is 10.1. The molecule has 0 bridgehead atoms. The topological polar surface area (TPSA) is 58.2 Å². The average molecular weight is 288 g/mol. The van der Waals surface area contributed by atoms with Crippen LogP contribution in [0.15, 0.2) is 16.3 Å². The van der Waals surface area contributed by atoms with Crippen molar-refractivity contribution in [2.45, 2.75) is 30.4 Å². The molecular formula is C12H20N2O2S2. The van der Waals surface area contributed by atoms with Gasteiger partial charge in [-0.25, -0.2) is 13.1 Å². The summed E-state index contributed by atoms with van der Waals surface area (Å²) in [6.07, 6.45) is 2.95. The summed E-state index contributed by atoms with van der Waals surface area (Å²) in [4.78, 5) is 1.11. The quantitative estimate of drug-likeness (QED) is 0.836. The maximum absolute atomic E-state index is 12.0. The molecule has 1 aliphatic rings. The van der Waals surface area contributed by atoms with Gasteiger partial charge in [0, 0.05) is 11.4 Å². The zero-order valence-electron chi connectivity index (χ0n) is 10.6. The smallest absolute Gasteiger partial charge is 0.250 e. The molecule has 0 saturated carbocycles. The third-order valence-corrected chi connectivity index (χ3v) is 6.44. The molecule has 0 amide bonds. The lowest BCUT2D eigenvalue weighted by Gasteiger charge is -2.08. The van der Waals surface area contributed by atoms with Crippen LogP contribution in [0, 0.1) is 5.92 Å². The lowest BCUT2D eigenvalue weighted by molar-refractivity contribution is 0.520. The first kappa shape index (κ1) is 14.0. The molecule has 4 nitrogen and oxygen atoms in total. The molecule has 1 aliphatic heterocycles. The Morgan fingerprint density at radius 2 is 2.33 bits per heavy atom. The third-order valence-electron chi connectivity index (χ3n) is 3.26. The molecule has 1 saturated heterocycles.